The zero-order valence-corrected chi connectivity index (χ0v) is 9.28. The van der Waals surface area contributed by atoms with E-state index in [1.165, 1.54) is 19.3 Å². The van der Waals surface area contributed by atoms with Crippen LogP contribution in [0.25, 0.3) is 0 Å². The summed E-state index contributed by atoms with van der Waals surface area (Å²) in [6.07, 6.45) is 6.58. The number of aryl methyl sites for hydroxylation is 1. The van der Waals surface area contributed by atoms with Crippen LogP contribution >= 0.6 is 0 Å². The van der Waals surface area contributed by atoms with Crippen molar-refractivity contribution in [2.45, 2.75) is 51.5 Å². The lowest BCUT2D eigenvalue weighted by Crippen LogP contribution is -2.34. The van der Waals surface area contributed by atoms with E-state index in [4.69, 9.17) is 10.3 Å². The highest BCUT2D eigenvalue weighted by molar-refractivity contribution is 4.90. The van der Waals surface area contributed by atoms with Crippen LogP contribution in [0.2, 0.25) is 0 Å². The predicted octanol–water partition coefficient (Wildman–Crippen LogP) is 1.69. The second kappa shape index (κ2) is 4.75. The van der Waals surface area contributed by atoms with E-state index in [1.54, 1.807) is 0 Å². The second-order valence-electron chi connectivity index (χ2n) is 4.37. The molecule has 1 saturated carbocycles. The fourth-order valence-electron chi connectivity index (χ4n) is 2.23. The quantitative estimate of drug-likeness (QED) is 0.822. The van der Waals surface area contributed by atoms with Crippen molar-refractivity contribution in [2.75, 3.05) is 0 Å². The van der Waals surface area contributed by atoms with Gasteiger partial charge in [0.2, 0.25) is 5.89 Å². The number of nitrogens with zero attached hydrogens (tertiary/aromatic N) is 2. The van der Waals surface area contributed by atoms with E-state index in [-0.39, 0.29) is 0 Å². The molecule has 1 aromatic heterocycles. The van der Waals surface area contributed by atoms with Gasteiger partial charge in [0.15, 0.2) is 5.82 Å². The number of hydrogen-bond acceptors (Lipinski definition) is 4. The van der Waals surface area contributed by atoms with Crippen molar-refractivity contribution in [3.05, 3.63) is 11.7 Å². The molecule has 84 valence electrons. The standard InChI is InChI=1S/C11H19N3O/c1-2-10-13-11(15-14-10)7-8-5-3-4-6-9(8)12/h8-9H,2-7,12H2,1H3. The number of rotatable bonds is 3. The molecule has 0 spiro atoms. The lowest BCUT2D eigenvalue weighted by atomic mass is 9.83. The summed E-state index contributed by atoms with van der Waals surface area (Å²) in [6.45, 7) is 2.03. The maximum Gasteiger partial charge on any atom is 0.226 e. The van der Waals surface area contributed by atoms with Gasteiger partial charge in [0, 0.05) is 18.9 Å². The van der Waals surface area contributed by atoms with Crippen LogP contribution < -0.4 is 5.73 Å². The first-order valence-corrected chi connectivity index (χ1v) is 5.86. The molecule has 2 N–H and O–H groups in total. The van der Waals surface area contributed by atoms with Gasteiger partial charge in [-0.05, 0) is 18.8 Å². The minimum atomic E-state index is 0.315. The van der Waals surface area contributed by atoms with E-state index in [1.807, 2.05) is 6.92 Å². The Hall–Kier alpha value is -0.900. The van der Waals surface area contributed by atoms with Crippen LogP contribution in [0.4, 0.5) is 0 Å². The topological polar surface area (TPSA) is 64.9 Å². The van der Waals surface area contributed by atoms with Crippen LogP contribution in [-0.4, -0.2) is 16.2 Å². The monoisotopic (exact) mass is 209 g/mol. The Balaban J connectivity index is 1.95. The van der Waals surface area contributed by atoms with Gasteiger partial charge >= 0.3 is 0 Å². The highest BCUT2D eigenvalue weighted by Crippen LogP contribution is 2.25. The minimum absolute atomic E-state index is 0.315. The fraction of sp³-hybridized carbons (Fsp3) is 0.818. The third-order valence-electron chi connectivity index (χ3n) is 3.23. The molecule has 0 aliphatic heterocycles. The Morgan fingerprint density at radius 1 is 1.40 bits per heavy atom. The second-order valence-corrected chi connectivity index (χ2v) is 4.37. The molecule has 1 heterocycles. The molecule has 1 fully saturated rings. The van der Waals surface area contributed by atoms with Crippen molar-refractivity contribution < 1.29 is 4.52 Å². The summed E-state index contributed by atoms with van der Waals surface area (Å²) in [7, 11) is 0. The van der Waals surface area contributed by atoms with Gasteiger partial charge in [-0.2, -0.15) is 4.98 Å². The van der Waals surface area contributed by atoms with E-state index in [2.05, 4.69) is 10.1 Å². The van der Waals surface area contributed by atoms with Gasteiger partial charge in [0.25, 0.3) is 0 Å². The molecule has 1 aromatic rings. The molecule has 2 rings (SSSR count). The van der Waals surface area contributed by atoms with Crippen LogP contribution in [0.5, 0.6) is 0 Å². The molecule has 0 amide bonds. The molecule has 0 bridgehead atoms. The predicted molar refractivity (Wildman–Crippen MR) is 57.3 cm³/mol. The Morgan fingerprint density at radius 3 is 2.87 bits per heavy atom. The fourth-order valence-corrected chi connectivity index (χ4v) is 2.23. The van der Waals surface area contributed by atoms with Crippen molar-refractivity contribution >= 4 is 0 Å². The van der Waals surface area contributed by atoms with Crippen molar-refractivity contribution in [1.82, 2.24) is 10.1 Å². The van der Waals surface area contributed by atoms with Gasteiger partial charge in [-0.1, -0.05) is 24.9 Å². The van der Waals surface area contributed by atoms with E-state index in [0.717, 1.165) is 31.0 Å². The largest absolute Gasteiger partial charge is 0.339 e. The summed E-state index contributed by atoms with van der Waals surface area (Å²) in [6, 6.07) is 0.315. The highest BCUT2D eigenvalue weighted by Gasteiger charge is 2.23. The zero-order chi connectivity index (χ0) is 10.7. The van der Waals surface area contributed by atoms with Crippen molar-refractivity contribution in [3.8, 4) is 0 Å². The summed E-state index contributed by atoms with van der Waals surface area (Å²) in [5, 5.41) is 3.90. The van der Waals surface area contributed by atoms with Crippen LogP contribution in [0, 0.1) is 5.92 Å². The molecule has 0 radical (unpaired) electrons. The van der Waals surface area contributed by atoms with Crippen LogP contribution in [0.15, 0.2) is 4.52 Å². The van der Waals surface area contributed by atoms with E-state index >= 15 is 0 Å². The normalized spacial score (nSPS) is 26.8. The smallest absolute Gasteiger partial charge is 0.226 e. The summed E-state index contributed by atoms with van der Waals surface area (Å²) in [4.78, 5) is 4.32. The van der Waals surface area contributed by atoms with Crippen LogP contribution in [-0.2, 0) is 12.8 Å². The highest BCUT2D eigenvalue weighted by atomic mass is 16.5. The first kappa shape index (κ1) is 10.6. The summed E-state index contributed by atoms with van der Waals surface area (Å²) in [5.74, 6) is 2.09. The average Bonchev–Trinajstić information content (AvgIpc) is 2.69. The maximum atomic E-state index is 6.08. The Labute approximate surface area is 90.2 Å². The Morgan fingerprint density at radius 2 is 2.20 bits per heavy atom. The Kier molecular flexibility index (Phi) is 3.36. The number of aromatic nitrogens is 2. The summed E-state index contributed by atoms with van der Waals surface area (Å²) >= 11 is 0. The first-order valence-electron chi connectivity index (χ1n) is 5.86. The maximum absolute atomic E-state index is 6.08. The average molecular weight is 209 g/mol. The molecule has 15 heavy (non-hydrogen) atoms. The SMILES string of the molecule is CCc1noc(CC2CCCCC2N)n1. The van der Waals surface area contributed by atoms with Crippen molar-refractivity contribution in [2.24, 2.45) is 11.7 Å². The molecule has 2 unspecified atom stereocenters. The third-order valence-corrected chi connectivity index (χ3v) is 3.23. The lowest BCUT2D eigenvalue weighted by Gasteiger charge is -2.27. The number of hydrogen-bond donors (Lipinski definition) is 1. The van der Waals surface area contributed by atoms with Crippen molar-refractivity contribution in [3.63, 3.8) is 0 Å². The zero-order valence-electron chi connectivity index (χ0n) is 9.28. The third kappa shape index (κ3) is 2.56. The molecule has 1 aliphatic rings. The van der Waals surface area contributed by atoms with Gasteiger partial charge in [0.05, 0.1) is 0 Å². The Bertz CT molecular complexity index is 311. The van der Waals surface area contributed by atoms with Gasteiger partial charge in [-0.3, -0.25) is 0 Å². The molecular formula is C11H19N3O. The first-order chi connectivity index (χ1) is 7.29. The van der Waals surface area contributed by atoms with E-state index in [9.17, 15) is 0 Å². The number of nitrogens with two attached hydrogens (primary N) is 1. The molecule has 0 aromatic carbocycles. The summed E-state index contributed by atoms with van der Waals surface area (Å²) in [5.41, 5.74) is 6.08. The molecular weight excluding hydrogens is 190 g/mol. The van der Waals surface area contributed by atoms with Gasteiger partial charge in [-0.25, -0.2) is 0 Å². The molecule has 2 atom stereocenters. The lowest BCUT2D eigenvalue weighted by molar-refractivity contribution is 0.272. The van der Waals surface area contributed by atoms with Crippen LogP contribution in [0.3, 0.4) is 0 Å². The molecule has 4 heteroatoms. The summed E-state index contributed by atoms with van der Waals surface area (Å²) < 4.78 is 5.19. The van der Waals surface area contributed by atoms with Gasteiger partial charge in [-0.15, -0.1) is 0 Å². The molecule has 1 aliphatic carbocycles. The van der Waals surface area contributed by atoms with Crippen molar-refractivity contribution in [1.29, 1.82) is 0 Å². The van der Waals surface area contributed by atoms with E-state index in [0.29, 0.717) is 12.0 Å². The van der Waals surface area contributed by atoms with Gasteiger partial charge in [0.1, 0.15) is 0 Å². The van der Waals surface area contributed by atoms with Crippen LogP contribution in [0.1, 0.15) is 44.3 Å². The van der Waals surface area contributed by atoms with Gasteiger partial charge < -0.3 is 10.3 Å². The minimum Gasteiger partial charge on any atom is -0.339 e. The molecule has 0 saturated heterocycles. The van der Waals surface area contributed by atoms with E-state index < -0.39 is 0 Å². The molecule has 4 nitrogen and oxygen atoms in total.